The van der Waals surface area contributed by atoms with Crippen LogP contribution in [0.4, 0.5) is 4.39 Å². The van der Waals surface area contributed by atoms with Crippen molar-refractivity contribution in [1.82, 2.24) is 10.6 Å². The molecule has 0 radical (unpaired) electrons. The third-order valence-electron chi connectivity index (χ3n) is 3.00. The van der Waals surface area contributed by atoms with Crippen LogP contribution in [0.2, 0.25) is 0 Å². The summed E-state index contributed by atoms with van der Waals surface area (Å²) in [5, 5.41) is 5.56. The molecule has 108 valence electrons. The number of halogens is 2. The third kappa shape index (κ3) is 4.30. The minimum absolute atomic E-state index is 0.0219. The van der Waals surface area contributed by atoms with E-state index in [2.05, 4.69) is 26.6 Å². The molecule has 1 aromatic rings. The highest BCUT2D eigenvalue weighted by Crippen LogP contribution is 2.20. The van der Waals surface area contributed by atoms with Gasteiger partial charge in [0.05, 0.1) is 10.0 Å². The number of rotatable bonds is 6. The van der Waals surface area contributed by atoms with Crippen LogP contribution in [-0.2, 0) is 4.79 Å². The molecule has 0 aliphatic heterocycles. The first-order valence-corrected chi connectivity index (χ1v) is 7.39. The van der Waals surface area contributed by atoms with Gasteiger partial charge in [0.25, 0.3) is 5.91 Å². The Morgan fingerprint density at radius 2 is 2.10 bits per heavy atom. The minimum atomic E-state index is -0.471. The number of carbonyl (C=O) groups is 2. The highest BCUT2D eigenvalue weighted by Gasteiger charge is 2.22. The van der Waals surface area contributed by atoms with Gasteiger partial charge in [-0.1, -0.05) is 6.07 Å². The Hall–Kier alpha value is -1.43. The zero-order valence-corrected chi connectivity index (χ0v) is 12.5. The molecule has 2 rings (SSSR count). The first-order chi connectivity index (χ1) is 9.58. The molecule has 1 saturated carbocycles. The lowest BCUT2D eigenvalue weighted by Gasteiger charge is -2.07. The van der Waals surface area contributed by atoms with E-state index in [0.29, 0.717) is 25.4 Å². The molecule has 20 heavy (non-hydrogen) atoms. The van der Waals surface area contributed by atoms with E-state index in [1.807, 2.05) is 0 Å². The number of carbonyl (C=O) groups excluding carboxylic acids is 2. The number of hydrogen-bond donors (Lipinski definition) is 2. The van der Waals surface area contributed by atoms with Crippen LogP contribution in [0.5, 0.6) is 0 Å². The Balaban J connectivity index is 1.71. The van der Waals surface area contributed by atoms with E-state index >= 15 is 0 Å². The maximum absolute atomic E-state index is 13.3. The molecule has 4 nitrogen and oxygen atoms in total. The van der Waals surface area contributed by atoms with Crippen LogP contribution in [-0.4, -0.2) is 24.4 Å². The van der Waals surface area contributed by atoms with E-state index in [9.17, 15) is 14.0 Å². The Morgan fingerprint density at radius 3 is 2.80 bits per heavy atom. The zero-order valence-electron chi connectivity index (χ0n) is 10.9. The molecule has 2 N–H and O–H groups in total. The fraction of sp³-hybridized carbons (Fsp3) is 0.429. The van der Waals surface area contributed by atoms with E-state index in [-0.39, 0.29) is 21.9 Å². The lowest BCUT2D eigenvalue weighted by Crippen LogP contribution is -2.28. The molecule has 0 aromatic heterocycles. The highest BCUT2D eigenvalue weighted by atomic mass is 79.9. The summed E-state index contributed by atoms with van der Waals surface area (Å²) in [5.74, 6) is -0.797. The molecule has 2 amide bonds. The summed E-state index contributed by atoms with van der Waals surface area (Å²) in [7, 11) is 0. The summed E-state index contributed by atoms with van der Waals surface area (Å²) >= 11 is 3.05. The van der Waals surface area contributed by atoms with E-state index in [4.69, 9.17) is 0 Å². The van der Waals surface area contributed by atoms with Gasteiger partial charge in [-0.05, 0) is 47.3 Å². The summed E-state index contributed by atoms with van der Waals surface area (Å²) < 4.78 is 13.4. The van der Waals surface area contributed by atoms with Crippen molar-refractivity contribution in [2.75, 3.05) is 6.54 Å². The topological polar surface area (TPSA) is 58.2 Å². The first kappa shape index (κ1) is 15.0. The molecule has 0 atom stereocenters. The Labute approximate surface area is 125 Å². The monoisotopic (exact) mass is 342 g/mol. The molecule has 1 aromatic carbocycles. The van der Waals surface area contributed by atoms with Crippen LogP contribution in [0.1, 0.15) is 36.0 Å². The van der Waals surface area contributed by atoms with Crippen molar-refractivity contribution in [2.24, 2.45) is 0 Å². The van der Waals surface area contributed by atoms with Crippen molar-refractivity contribution in [3.05, 3.63) is 34.1 Å². The minimum Gasteiger partial charge on any atom is -0.353 e. The third-order valence-corrected chi connectivity index (χ3v) is 3.81. The molecule has 6 heteroatoms. The summed E-state index contributed by atoms with van der Waals surface area (Å²) in [6.07, 6.45) is 3.09. The second-order valence-electron chi connectivity index (χ2n) is 4.80. The summed E-state index contributed by atoms with van der Waals surface area (Å²) in [5.41, 5.74) is 0.257. The van der Waals surface area contributed by atoms with Gasteiger partial charge in [-0.15, -0.1) is 0 Å². The SMILES string of the molecule is O=C(CCCNC(=O)c1cccc(F)c1Br)NC1CC1. The Morgan fingerprint density at radius 1 is 1.35 bits per heavy atom. The summed E-state index contributed by atoms with van der Waals surface area (Å²) in [6.45, 7) is 0.389. The van der Waals surface area contributed by atoms with Crippen molar-refractivity contribution >= 4 is 27.7 Å². The van der Waals surface area contributed by atoms with Gasteiger partial charge in [-0.3, -0.25) is 9.59 Å². The molecule has 1 aliphatic rings. The average Bonchev–Trinajstić information content (AvgIpc) is 3.21. The zero-order chi connectivity index (χ0) is 14.5. The molecular formula is C14H16BrFN2O2. The van der Waals surface area contributed by atoms with Crippen LogP contribution in [0.3, 0.4) is 0 Å². The number of nitrogens with one attached hydrogen (secondary N) is 2. The normalized spacial score (nSPS) is 13.9. The van der Waals surface area contributed by atoms with Crippen LogP contribution < -0.4 is 10.6 Å². The molecule has 1 fully saturated rings. The van der Waals surface area contributed by atoms with E-state index in [0.717, 1.165) is 12.8 Å². The van der Waals surface area contributed by atoms with E-state index in [1.165, 1.54) is 12.1 Å². The Bertz CT molecular complexity index is 518. The molecule has 0 unspecified atom stereocenters. The number of benzene rings is 1. The first-order valence-electron chi connectivity index (χ1n) is 6.59. The van der Waals surface area contributed by atoms with Crippen molar-refractivity contribution in [2.45, 2.75) is 31.7 Å². The van der Waals surface area contributed by atoms with Gasteiger partial charge in [-0.25, -0.2) is 4.39 Å². The van der Waals surface area contributed by atoms with Crippen LogP contribution in [0, 0.1) is 5.82 Å². The fourth-order valence-corrected chi connectivity index (χ4v) is 2.20. The summed E-state index contributed by atoms with van der Waals surface area (Å²) in [6, 6.07) is 4.67. The van der Waals surface area contributed by atoms with Gasteiger partial charge in [0, 0.05) is 19.0 Å². The van der Waals surface area contributed by atoms with Crippen molar-refractivity contribution in [3.63, 3.8) is 0 Å². The molecule has 0 bridgehead atoms. The van der Waals surface area contributed by atoms with Gasteiger partial charge < -0.3 is 10.6 Å². The van der Waals surface area contributed by atoms with Crippen LogP contribution >= 0.6 is 15.9 Å². The smallest absolute Gasteiger partial charge is 0.252 e. The highest BCUT2D eigenvalue weighted by molar-refractivity contribution is 9.10. The molecule has 1 aliphatic carbocycles. The second kappa shape index (κ2) is 6.83. The number of hydrogen-bond acceptors (Lipinski definition) is 2. The second-order valence-corrected chi connectivity index (χ2v) is 5.60. The largest absolute Gasteiger partial charge is 0.353 e. The van der Waals surface area contributed by atoms with Gasteiger partial charge >= 0.3 is 0 Å². The number of amides is 2. The lowest BCUT2D eigenvalue weighted by atomic mass is 10.2. The predicted octanol–water partition coefficient (Wildman–Crippen LogP) is 2.38. The summed E-state index contributed by atoms with van der Waals surface area (Å²) in [4.78, 5) is 23.3. The molecule has 0 saturated heterocycles. The van der Waals surface area contributed by atoms with Crippen molar-refractivity contribution in [3.8, 4) is 0 Å². The lowest BCUT2D eigenvalue weighted by molar-refractivity contribution is -0.121. The van der Waals surface area contributed by atoms with Gasteiger partial charge in [0.1, 0.15) is 5.82 Å². The van der Waals surface area contributed by atoms with Gasteiger partial charge in [-0.2, -0.15) is 0 Å². The average molecular weight is 343 g/mol. The predicted molar refractivity (Wildman–Crippen MR) is 76.8 cm³/mol. The van der Waals surface area contributed by atoms with Crippen LogP contribution in [0.15, 0.2) is 22.7 Å². The quantitative estimate of drug-likeness (QED) is 0.780. The van der Waals surface area contributed by atoms with Crippen molar-refractivity contribution < 1.29 is 14.0 Å². The van der Waals surface area contributed by atoms with E-state index < -0.39 is 5.82 Å². The molecular weight excluding hydrogens is 327 g/mol. The maximum Gasteiger partial charge on any atom is 0.252 e. The van der Waals surface area contributed by atoms with Gasteiger partial charge in [0.15, 0.2) is 0 Å². The maximum atomic E-state index is 13.3. The van der Waals surface area contributed by atoms with Crippen LogP contribution in [0.25, 0.3) is 0 Å². The van der Waals surface area contributed by atoms with E-state index in [1.54, 1.807) is 6.07 Å². The fourth-order valence-electron chi connectivity index (χ4n) is 1.75. The standard InChI is InChI=1S/C14H16BrFN2O2/c15-13-10(3-1-4-11(13)16)14(20)17-8-2-5-12(19)18-9-6-7-9/h1,3-4,9H,2,5-8H2,(H,17,20)(H,18,19). The van der Waals surface area contributed by atoms with Gasteiger partial charge in [0.2, 0.25) is 5.91 Å². The molecule has 0 spiro atoms. The van der Waals surface area contributed by atoms with Crippen molar-refractivity contribution in [1.29, 1.82) is 0 Å². The Kier molecular flexibility index (Phi) is 5.11. The molecule has 0 heterocycles.